The summed E-state index contributed by atoms with van der Waals surface area (Å²) in [6.45, 7) is 5.85. The predicted octanol–water partition coefficient (Wildman–Crippen LogP) is 6.24. The molecule has 0 saturated heterocycles. The summed E-state index contributed by atoms with van der Waals surface area (Å²) in [5.41, 5.74) is 2.65. The molecule has 0 saturated carbocycles. The Morgan fingerprint density at radius 2 is 1.64 bits per heavy atom. The van der Waals surface area contributed by atoms with E-state index in [4.69, 9.17) is 27.9 Å². The Labute approximate surface area is 223 Å². The highest BCUT2D eigenvalue weighted by molar-refractivity contribution is 6.42. The molecule has 0 aliphatic rings. The molecular formula is C29H32Cl2N2O3. The number of rotatable bonds is 11. The van der Waals surface area contributed by atoms with Crippen molar-refractivity contribution in [1.82, 2.24) is 10.2 Å². The van der Waals surface area contributed by atoms with E-state index in [1.807, 2.05) is 81.4 Å². The van der Waals surface area contributed by atoms with E-state index in [-0.39, 0.29) is 31.0 Å². The first-order valence-electron chi connectivity index (χ1n) is 12.0. The van der Waals surface area contributed by atoms with Gasteiger partial charge >= 0.3 is 0 Å². The van der Waals surface area contributed by atoms with Gasteiger partial charge in [0.2, 0.25) is 5.91 Å². The fourth-order valence-corrected chi connectivity index (χ4v) is 4.09. The molecule has 2 atom stereocenters. The fraction of sp³-hybridized carbons (Fsp3) is 0.310. The molecule has 0 unspecified atom stereocenters. The van der Waals surface area contributed by atoms with Crippen LogP contribution in [0.3, 0.4) is 0 Å². The normalized spacial score (nSPS) is 12.5. The zero-order chi connectivity index (χ0) is 26.1. The summed E-state index contributed by atoms with van der Waals surface area (Å²) < 4.78 is 5.87. The van der Waals surface area contributed by atoms with E-state index in [9.17, 15) is 9.59 Å². The summed E-state index contributed by atoms with van der Waals surface area (Å²) in [4.78, 5) is 28.7. The second-order valence-electron chi connectivity index (χ2n) is 8.85. The Balaban J connectivity index is 1.94. The zero-order valence-electron chi connectivity index (χ0n) is 20.8. The number of hydrogen-bond acceptors (Lipinski definition) is 3. The van der Waals surface area contributed by atoms with E-state index in [1.165, 1.54) is 0 Å². The van der Waals surface area contributed by atoms with Crippen LogP contribution < -0.4 is 10.1 Å². The number of halogens is 2. The number of ether oxygens (including phenoxy) is 1. The largest absolute Gasteiger partial charge is 0.484 e. The number of nitrogens with zero attached hydrogens (tertiary/aromatic N) is 1. The highest BCUT2D eigenvalue weighted by atomic mass is 35.5. The van der Waals surface area contributed by atoms with Gasteiger partial charge in [-0.15, -0.1) is 0 Å². The summed E-state index contributed by atoms with van der Waals surface area (Å²) in [5, 5.41) is 3.87. The molecule has 0 fully saturated rings. The molecule has 0 aromatic heterocycles. The Morgan fingerprint density at radius 1 is 0.944 bits per heavy atom. The number of aryl methyl sites for hydroxylation is 1. The third kappa shape index (κ3) is 7.74. The number of nitrogens with one attached hydrogen (secondary N) is 1. The highest BCUT2D eigenvalue weighted by Gasteiger charge is 2.31. The van der Waals surface area contributed by atoms with Crippen molar-refractivity contribution in [1.29, 1.82) is 0 Å². The van der Waals surface area contributed by atoms with Crippen LogP contribution in [0.4, 0.5) is 0 Å². The summed E-state index contributed by atoms with van der Waals surface area (Å²) >= 11 is 12.4. The molecule has 0 spiro atoms. The molecule has 36 heavy (non-hydrogen) atoms. The average molecular weight is 527 g/mol. The fourth-order valence-electron chi connectivity index (χ4n) is 3.77. The van der Waals surface area contributed by atoms with Crippen molar-refractivity contribution in [3.63, 3.8) is 0 Å². The van der Waals surface area contributed by atoms with Crippen molar-refractivity contribution >= 4 is 35.0 Å². The van der Waals surface area contributed by atoms with Crippen LogP contribution in [0.15, 0.2) is 72.8 Å². The summed E-state index contributed by atoms with van der Waals surface area (Å²) in [7, 11) is 0. The molecule has 190 valence electrons. The maximum absolute atomic E-state index is 13.6. The second kappa shape index (κ2) is 13.3. The van der Waals surface area contributed by atoms with Crippen LogP contribution in [-0.2, 0) is 22.6 Å². The van der Waals surface area contributed by atoms with Gasteiger partial charge in [0.25, 0.3) is 5.91 Å². The van der Waals surface area contributed by atoms with Crippen LogP contribution in [0, 0.1) is 6.92 Å². The molecule has 3 aromatic rings. The van der Waals surface area contributed by atoms with Gasteiger partial charge < -0.3 is 15.0 Å². The molecule has 0 heterocycles. The van der Waals surface area contributed by atoms with Crippen LogP contribution in [0.25, 0.3) is 0 Å². The Bertz CT molecular complexity index is 1170. The Morgan fingerprint density at radius 3 is 2.31 bits per heavy atom. The maximum atomic E-state index is 13.6. The Kier molecular flexibility index (Phi) is 10.2. The van der Waals surface area contributed by atoms with Crippen LogP contribution >= 0.6 is 23.2 Å². The van der Waals surface area contributed by atoms with E-state index in [1.54, 1.807) is 17.0 Å². The molecule has 5 nitrogen and oxygen atoms in total. The first-order chi connectivity index (χ1) is 17.3. The standard InChI is InChI=1S/C29H32Cl2N2O3/c1-4-21(3)32-29(35)26(17-22-11-6-5-7-12-22)33(18-23-14-15-24(30)25(31)16-23)28(34)19-36-27-13-9-8-10-20(27)2/h5-16,21,26H,4,17-19H2,1-3H3,(H,32,35)/t21-,26-/m0/s1. The minimum Gasteiger partial charge on any atom is -0.484 e. The number of benzene rings is 3. The van der Waals surface area contributed by atoms with Crippen molar-refractivity contribution in [2.24, 2.45) is 0 Å². The van der Waals surface area contributed by atoms with Gasteiger partial charge in [-0.1, -0.05) is 84.7 Å². The lowest BCUT2D eigenvalue weighted by atomic mass is 10.0. The lowest BCUT2D eigenvalue weighted by Gasteiger charge is -2.32. The first-order valence-corrected chi connectivity index (χ1v) is 12.8. The predicted molar refractivity (Wildman–Crippen MR) is 146 cm³/mol. The van der Waals surface area contributed by atoms with Crippen molar-refractivity contribution in [2.45, 2.75) is 52.2 Å². The van der Waals surface area contributed by atoms with E-state index in [2.05, 4.69) is 5.32 Å². The summed E-state index contributed by atoms with van der Waals surface area (Å²) in [6, 6.07) is 21.6. The number of amides is 2. The second-order valence-corrected chi connectivity index (χ2v) is 9.66. The molecule has 7 heteroatoms. The molecule has 0 aliphatic carbocycles. The summed E-state index contributed by atoms with van der Waals surface area (Å²) in [6.07, 6.45) is 1.14. The van der Waals surface area contributed by atoms with E-state index in [0.29, 0.717) is 22.2 Å². The maximum Gasteiger partial charge on any atom is 0.261 e. The first kappa shape index (κ1) is 27.6. The number of carbonyl (C=O) groups excluding carboxylic acids is 2. The molecule has 1 N–H and O–H groups in total. The smallest absolute Gasteiger partial charge is 0.261 e. The number of para-hydroxylation sites is 1. The van der Waals surface area contributed by atoms with Gasteiger partial charge in [0.15, 0.2) is 6.61 Å². The van der Waals surface area contributed by atoms with Crippen molar-refractivity contribution in [3.8, 4) is 5.75 Å². The van der Waals surface area contributed by atoms with Crippen molar-refractivity contribution < 1.29 is 14.3 Å². The van der Waals surface area contributed by atoms with E-state index >= 15 is 0 Å². The monoisotopic (exact) mass is 526 g/mol. The SMILES string of the molecule is CC[C@H](C)NC(=O)[C@H](Cc1ccccc1)N(Cc1ccc(Cl)c(Cl)c1)C(=O)COc1ccccc1C. The molecule has 0 radical (unpaired) electrons. The average Bonchev–Trinajstić information content (AvgIpc) is 2.88. The number of carbonyl (C=O) groups is 2. The van der Waals surface area contributed by atoms with Gasteiger partial charge in [-0.05, 0) is 55.2 Å². The van der Waals surface area contributed by atoms with Gasteiger partial charge in [0.1, 0.15) is 11.8 Å². The highest BCUT2D eigenvalue weighted by Crippen LogP contribution is 2.25. The zero-order valence-corrected chi connectivity index (χ0v) is 22.4. The quantitative estimate of drug-likeness (QED) is 0.322. The Hall–Kier alpha value is -3.02. The number of hydrogen-bond donors (Lipinski definition) is 1. The van der Waals surface area contributed by atoms with Gasteiger partial charge in [-0.25, -0.2) is 0 Å². The minimum atomic E-state index is -0.746. The third-order valence-corrected chi connectivity index (χ3v) is 6.79. The van der Waals surface area contributed by atoms with E-state index < -0.39 is 6.04 Å². The van der Waals surface area contributed by atoms with Crippen LogP contribution in [-0.4, -0.2) is 35.4 Å². The molecule has 0 bridgehead atoms. The van der Waals surface area contributed by atoms with Gasteiger partial charge in [-0.3, -0.25) is 9.59 Å². The van der Waals surface area contributed by atoms with Gasteiger partial charge in [0.05, 0.1) is 10.0 Å². The molecule has 2 amide bonds. The van der Waals surface area contributed by atoms with Crippen molar-refractivity contribution in [3.05, 3.63) is 99.5 Å². The molecule has 3 aromatic carbocycles. The lowest BCUT2D eigenvalue weighted by Crippen LogP contribution is -2.53. The third-order valence-electron chi connectivity index (χ3n) is 6.05. The molecular weight excluding hydrogens is 495 g/mol. The van der Waals surface area contributed by atoms with Crippen LogP contribution in [0.1, 0.15) is 37.0 Å². The van der Waals surface area contributed by atoms with E-state index in [0.717, 1.165) is 23.1 Å². The topological polar surface area (TPSA) is 58.6 Å². The lowest BCUT2D eigenvalue weighted by molar-refractivity contribution is -0.143. The molecule has 0 aliphatic heterocycles. The van der Waals surface area contributed by atoms with Crippen molar-refractivity contribution in [2.75, 3.05) is 6.61 Å². The van der Waals surface area contributed by atoms with Gasteiger partial charge in [-0.2, -0.15) is 0 Å². The molecule has 3 rings (SSSR count). The minimum absolute atomic E-state index is 0.0269. The van der Waals surface area contributed by atoms with Crippen LogP contribution in [0.2, 0.25) is 10.0 Å². The summed E-state index contributed by atoms with van der Waals surface area (Å²) in [5.74, 6) is 0.117. The van der Waals surface area contributed by atoms with Crippen LogP contribution in [0.5, 0.6) is 5.75 Å². The van der Waals surface area contributed by atoms with Gasteiger partial charge in [0, 0.05) is 19.0 Å².